The molecule has 2 aliphatic heterocycles. The van der Waals surface area contributed by atoms with Gasteiger partial charge in [0.2, 0.25) is 0 Å². The Morgan fingerprint density at radius 3 is 1.95 bits per heavy atom. The molecule has 0 aromatic heterocycles. The van der Waals surface area contributed by atoms with Crippen LogP contribution in [0.1, 0.15) is 40.7 Å². The number of Topliss-reactive ketones (excluding diaryl/α,β-unsaturated/α-hetero) is 1. The highest BCUT2D eigenvalue weighted by molar-refractivity contribution is 5.95. The van der Waals surface area contributed by atoms with E-state index in [0.29, 0.717) is 30.2 Å². The van der Waals surface area contributed by atoms with E-state index in [-0.39, 0.29) is 32.1 Å². The molecule has 3 atom stereocenters. The van der Waals surface area contributed by atoms with Crippen LogP contribution in [0.15, 0.2) is 103 Å². The van der Waals surface area contributed by atoms with Crippen molar-refractivity contribution < 1.29 is 33.4 Å². The molecule has 226 valence electrons. The smallest absolute Gasteiger partial charge is 0.329 e. The number of nitrogens with zero attached hydrogens (tertiary/aromatic N) is 1. The number of ether oxygens (including phenoxy) is 4. The lowest BCUT2D eigenvalue weighted by atomic mass is 9.88. The van der Waals surface area contributed by atoms with Gasteiger partial charge in [-0.25, -0.2) is 5.06 Å². The summed E-state index contributed by atoms with van der Waals surface area (Å²) in [6.07, 6.45) is -0.999. The molecule has 0 saturated carbocycles. The Hall–Kier alpha value is -4.50. The SMILES string of the molecule is CC(=O)ON1C[C@H]2O[C@H]2C(=O)[C@@H](COCc2ccccc2)c2c(OCc3ccccc3)cc(COCc3ccccc3)cc21. The second-order valence-corrected chi connectivity index (χ2v) is 11.0. The van der Waals surface area contributed by atoms with E-state index >= 15 is 0 Å². The van der Waals surface area contributed by atoms with Crippen molar-refractivity contribution in [1.82, 2.24) is 0 Å². The number of hydrogen-bond acceptors (Lipinski definition) is 8. The lowest BCUT2D eigenvalue weighted by molar-refractivity contribution is -0.142. The molecule has 2 heterocycles. The molecule has 0 bridgehead atoms. The lowest BCUT2D eigenvalue weighted by Gasteiger charge is -2.31. The van der Waals surface area contributed by atoms with Crippen LogP contribution < -0.4 is 9.80 Å². The highest BCUT2D eigenvalue weighted by Crippen LogP contribution is 2.44. The minimum atomic E-state index is -0.716. The molecule has 1 fully saturated rings. The first-order chi connectivity index (χ1) is 21.5. The molecule has 0 aliphatic carbocycles. The van der Waals surface area contributed by atoms with Crippen molar-refractivity contribution in [2.24, 2.45) is 0 Å². The molecule has 0 spiro atoms. The van der Waals surface area contributed by atoms with Gasteiger partial charge >= 0.3 is 5.97 Å². The zero-order valence-electron chi connectivity index (χ0n) is 24.6. The Morgan fingerprint density at radius 2 is 1.34 bits per heavy atom. The van der Waals surface area contributed by atoms with Crippen LogP contribution in [0, 0.1) is 0 Å². The molecule has 0 radical (unpaired) electrons. The van der Waals surface area contributed by atoms with Crippen LogP contribution in [0.4, 0.5) is 5.69 Å². The summed E-state index contributed by atoms with van der Waals surface area (Å²) < 4.78 is 24.5. The molecule has 2 aliphatic rings. The fourth-order valence-corrected chi connectivity index (χ4v) is 5.43. The van der Waals surface area contributed by atoms with E-state index < -0.39 is 24.1 Å². The van der Waals surface area contributed by atoms with Crippen molar-refractivity contribution in [2.45, 2.75) is 51.5 Å². The maximum absolute atomic E-state index is 13.9. The van der Waals surface area contributed by atoms with E-state index in [2.05, 4.69) is 0 Å². The fourth-order valence-electron chi connectivity index (χ4n) is 5.43. The number of hydrogen-bond donors (Lipinski definition) is 0. The molecule has 44 heavy (non-hydrogen) atoms. The van der Waals surface area contributed by atoms with Gasteiger partial charge in [-0.05, 0) is 34.4 Å². The second-order valence-electron chi connectivity index (χ2n) is 11.0. The maximum atomic E-state index is 13.9. The number of rotatable bonds is 12. The third-order valence-corrected chi connectivity index (χ3v) is 7.60. The van der Waals surface area contributed by atoms with Crippen molar-refractivity contribution in [2.75, 3.05) is 18.2 Å². The molecular formula is C36H35NO7. The molecular weight excluding hydrogens is 558 g/mol. The molecule has 8 heteroatoms. The minimum absolute atomic E-state index is 0.0792. The molecule has 1 saturated heterocycles. The molecule has 4 aromatic rings. The van der Waals surface area contributed by atoms with Gasteiger partial charge in [0.15, 0.2) is 5.78 Å². The number of carbonyl (C=O) groups is 2. The molecule has 8 nitrogen and oxygen atoms in total. The third kappa shape index (κ3) is 7.34. The van der Waals surface area contributed by atoms with E-state index in [0.717, 1.165) is 22.3 Å². The second kappa shape index (κ2) is 13.9. The van der Waals surface area contributed by atoms with E-state index in [1.165, 1.54) is 12.0 Å². The summed E-state index contributed by atoms with van der Waals surface area (Å²) in [7, 11) is 0. The Kier molecular flexibility index (Phi) is 9.31. The topological polar surface area (TPSA) is 86.8 Å². The zero-order valence-corrected chi connectivity index (χ0v) is 24.6. The van der Waals surface area contributed by atoms with Crippen LogP contribution in [-0.4, -0.2) is 37.1 Å². The lowest BCUT2D eigenvalue weighted by Crippen LogP contribution is -2.37. The number of benzene rings is 4. The highest BCUT2D eigenvalue weighted by Gasteiger charge is 2.52. The number of carbonyl (C=O) groups excluding carboxylic acids is 2. The largest absolute Gasteiger partial charge is 0.489 e. The number of ketones is 1. The minimum Gasteiger partial charge on any atom is -0.489 e. The normalized spacial score (nSPS) is 18.9. The Bertz CT molecular complexity index is 1560. The van der Waals surface area contributed by atoms with Crippen molar-refractivity contribution in [3.8, 4) is 5.75 Å². The Labute approximate surface area is 257 Å². The summed E-state index contributed by atoms with van der Waals surface area (Å²) in [5.74, 6) is -0.770. The number of epoxide rings is 1. The van der Waals surface area contributed by atoms with Crippen molar-refractivity contribution in [1.29, 1.82) is 0 Å². The van der Waals surface area contributed by atoms with Gasteiger partial charge in [-0.3, -0.25) is 9.59 Å². The van der Waals surface area contributed by atoms with Gasteiger partial charge in [-0.15, -0.1) is 0 Å². The average molecular weight is 594 g/mol. The third-order valence-electron chi connectivity index (χ3n) is 7.60. The highest BCUT2D eigenvalue weighted by atomic mass is 16.7. The summed E-state index contributed by atoms with van der Waals surface area (Å²) >= 11 is 0. The number of hydroxylamine groups is 1. The molecule has 0 N–H and O–H groups in total. The number of anilines is 1. The fraction of sp³-hybridized carbons (Fsp3) is 0.278. The summed E-state index contributed by atoms with van der Waals surface area (Å²) in [5.41, 5.74) is 4.99. The van der Waals surface area contributed by atoms with Gasteiger partial charge in [-0.2, -0.15) is 0 Å². The van der Waals surface area contributed by atoms with Gasteiger partial charge < -0.3 is 23.8 Å². The van der Waals surface area contributed by atoms with Crippen LogP contribution in [0.5, 0.6) is 5.75 Å². The average Bonchev–Trinajstić information content (AvgIpc) is 3.81. The van der Waals surface area contributed by atoms with Crippen molar-refractivity contribution in [3.05, 3.63) is 131 Å². The van der Waals surface area contributed by atoms with Gasteiger partial charge in [-0.1, -0.05) is 91.0 Å². The Morgan fingerprint density at radius 1 is 0.773 bits per heavy atom. The van der Waals surface area contributed by atoms with E-state index in [1.807, 2.05) is 103 Å². The van der Waals surface area contributed by atoms with Crippen molar-refractivity contribution >= 4 is 17.4 Å². The van der Waals surface area contributed by atoms with E-state index in [4.69, 9.17) is 23.8 Å². The molecule has 4 aromatic carbocycles. The summed E-state index contributed by atoms with van der Waals surface area (Å²) in [5, 5.41) is 1.52. The van der Waals surface area contributed by atoms with E-state index in [9.17, 15) is 9.59 Å². The molecule has 0 unspecified atom stereocenters. The first-order valence-corrected chi connectivity index (χ1v) is 14.8. The zero-order chi connectivity index (χ0) is 30.3. The van der Waals surface area contributed by atoms with Crippen LogP contribution in [-0.2, 0) is 55.1 Å². The maximum Gasteiger partial charge on any atom is 0.329 e. The summed E-state index contributed by atoms with van der Waals surface area (Å²) in [6, 6.07) is 33.4. The van der Waals surface area contributed by atoms with Gasteiger partial charge in [0, 0.05) is 12.5 Å². The predicted octanol–water partition coefficient (Wildman–Crippen LogP) is 5.92. The van der Waals surface area contributed by atoms with Crippen LogP contribution >= 0.6 is 0 Å². The van der Waals surface area contributed by atoms with Crippen LogP contribution in [0.3, 0.4) is 0 Å². The Balaban J connectivity index is 1.36. The van der Waals surface area contributed by atoms with Crippen molar-refractivity contribution in [3.63, 3.8) is 0 Å². The monoisotopic (exact) mass is 593 g/mol. The van der Waals surface area contributed by atoms with Gasteiger partial charge in [0.25, 0.3) is 0 Å². The van der Waals surface area contributed by atoms with E-state index in [1.54, 1.807) is 0 Å². The van der Waals surface area contributed by atoms with Crippen LogP contribution in [0.25, 0.3) is 0 Å². The predicted molar refractivity (Wildman–Crippen MR) is 164 cm³/mol. The molecule has 6 rings (SSSR count). The summed E-state index contributed by atoms with van der Waals surface area (Å²) in [4.78, 5) is 31.9. The molecule has 0 amide bonds. The first-order valence-electron chi connectivity index (χ1n) is 14.8. The van der Waals surface area contributed by atoms with Gasteiger partial charge in [0.05, 0.1) is 44.6 Å². The quantitative estimate of drug-likeness (QED) is 0.187. The number of fused-ring (bicyclic) bond motifs is 2. The first kappa shape index (κ1) is 29.6. The standard InChI is InChI=1S/C36H35NO7/c1-25(38)44-37-19-33-36(43-33)35(39)30(24-41-21-27-13-7-3-8-14-27)34-31(37)17-29(22-40-20-26-11-5-2-6-12-26)18-32(34)42-23-28-15-9-4-10-16-28/h2-18,30,33,36H,19-24H2,1H3/t30-,33+,36+/m0/s1. The summed E-state index contributed by atoms with van der Waals surface area (Å²) in [6.45, 7) is 3.01. The van der Waals surface area contributed by atoms with Gasteiger partial charge in [0.1, 0.15) is 24.6 Å². The van der Waals surface area contributed by atoms with Crippen LogP contribution in [0.2, 0.25) is 0 Å².